The van der Waals surface area contributed by atoms with Gasteiger partial charge in [0.2, 0.25) is 5.91 Å². The first kappa shape index (κ1) is 15.6. The third-order valence-electron chi connectivity index (χ3n) is 4.25. The van der Waals surface area contributed by atoms with Crippen LogP contribution in [0.2, 0.25) is 0 Å². The highest BCUT2D eigenvalue weighted by Gasteiger charge is 2.30. The normalized spacial score (nSPS) is 17.8. The van der Waals surface area contributed by atoms with Gasteiger partial charge in [-0.15, -0.1) is 10.2 Å². The SMILES string of the molecule is Cc1ccc(CCNC(=O)C2Cn3c(C)nnc3CN2C)nc1. The fraction of sp³-hybridized carbons (Fsp3) is 0.500. The molecule has 1 aliphatic rings. The average molecular weight is 314 g/mol. The van der Waals surface area contributed by atoms with Crippen molar-refractivity contribution in [2.75, 3.05) is 13.6 Å². The molecular formula is C16H22N6O. The molecule has 7 heteroatoms. The van der Waals surface area contributed by atoms with Crippen LogP contribution in [0.3, 0.4) is 0 Å². The predicted octanol–water partition coefficient (Wildman–Crippen LogP) is 0.463. The highest BCUT2D eigenvalue weighted by Crippen LogP contribution is 2.15. The lowest BCUT2D eigenvalue weighted by atomic mass is 10.1. The second-order valence-electron chi connectivity index (χ2n) is 6.07. The van der Waals surface area contributed by atoms with Crippen LogP contribution < -0.4 is 5.32 Å². The maximum atomic E-state index is 12.5. The first-order chi connectivity index (χ1) is 11.0. The van der Waals surface area contributed by atoms with Crippen LogP contribution in [0.4, 0.5) is 0 Å². The van der Waals surface area contributed by atoms with Gasteiger partial charge in [0.05, 0.1) is 13.1 Å². The van der Waals surface area contributed by atoms with Crippen molar-refractivity contribution in [3.8, 4) is 0 Å². The number of nitrogens with zero attached hydrogens (tertiary/aromatic N) is 5. The predicted molar refractivity (Wildman–Crippen MR) is 85.7 cm³/mol. The van der Waals surface area contributed by atoms with Crippen molar-refractivity contribution in [1.29, 1.82) is 0 Å². The Balaban J connectivity index is 1.56. The van der Waals surface area contributed by atoms with Gasteiger partial charge >= 0.3 is 0 Å². The summed E-state index contributed by atoms with van der Waals surface area (Å²) in [5.74, 6) is 1.81. The van der Waals surface area contributed by atoms with E-state index >= 15 is 0 Å². The molecule has 3 heterocycles. The Hall–Kier alpha value is -2.28. The number of carbonyl (C=O) groups is 1. The Morgan fingerprint density at radius 2 is 2.17 bits per heavy atom. The monoisotopic (exact) mass is 314 g/mol. The molecule has 0 saturated carbocycles. The molecule has 122 valence electrons. The third kappa shape index (κ3) is 3.39. The van der Waals surface area contributed by atoms with E-state index in [0.29, 0.717) is 19.6 Å². The van der Waals surface area contributed by atoms with Crippen LogP contribution in [0.1, 0.15) is 22.9 Å². The van der Waals surface area contributed by atoms with Gasteiger partial charge in [0.1, 0.15) is 17.7 Å². The molecule has 0 aliphatic carbocycles. The average Bonchev–Trinajstić information content (AvgIpc) is 2.88. The van der Waals surface area contributed by atoms with Gasteiger partial charge in [0, 0.05) is 24.9 Å². The van der Waals surface area contributed by atoms with E-state index in [1.165, 1.54) is 0 Å². The first-order valence-corrected chi connectivity index (χ1v) is 7.83. The Morgan fingerprint density at radius 3 is 2.91 bits per heavy atom. The quantitative estimate of drug-likeness (QED) is 0.887. The summed E-state index contributed by atoms with van der Waals surface area (Å²) < 4.78 is 2.02. The second-order valence-corrected chi connectivity index (χ2v) is 6.07. The fourth-order valence-corrected chi connectivity index (χ4v) is 2.79. The largest absolute Gasteiger partial charge is 0.354 e. The number of amides is 1. The van der Waals surface area contributed by atoms with E-state index in [2.05, 4.69) is 20.5 Å². The summed E-state index contributed by atoms with van der Waals surface area (Å²) in [6, 6.07) is 3.85. The van der Waals surface area contributed by atoms with Gasteiger partial charge in [-0.1, -0.05) is 6.07 Å². The summed E-state index contributed by atoms with van der Waals surface area (Å²) >= 11 is 0. The minimum Gasteiger partial charge on any atom is -0.354 e. The van der Waals surface area contributed by atoms with Crippen molar-refractivity contribution >= 4 is 5.91 Å². The lowest BCUT2D eigenvalue weighted by Gasteiger charge is -2.32. The fourth-order valence-electron chi connectivity index (χ4n) is 2.79. The molecule has 1 amide bonds. The van der Waals surface area contributed by atoms with Crippen LogP contribution in [0.25, 0.3) is 0 Å². The number of hydrogen-bond donors (Lipinski definition) is 1. The summed E-state index contributed by atoms with van der Waals surface area (Å²) in [6.45, 7) is 5.75. The number of rotatable bonds is 4. The Morgan fingerprint density at radius 1 is 1.35 bits per heavy atom. The van der Waals surface area contributed by atoms with E-state index in [0.717, 1.165) is 29.3 Å². The molecule has 2 aromatic rings. The van der Waals surface area contributed by atoms with Crippen molar-refractivity contribution in [3.05, 3.63) is 41.2 Å². The van der Waals surface area contributed by atoms with Crippen molar-refractivity contribution in [2.24, 2.45) is 0 Å². The maximum absolute atomic E-state index is 12.5. The lowest BCUT2D eigenvalue weighted by Crippen LogP contribution is -2.50. The zero-order valence-corrected chi connectivity index (χ0v) is 13.8. The first-order valence-electron chi connectivity index (χ1n) is 7.83. The molecule has 7 nitrogen and oxygen atoms in total. The molecule has 0 spiro atoms. The van der Waals surface area contributed by atoms with Crippen LogP contribution in [0, 0.1) is 13.8 Å². The molecule has 0 aromatic carbocycles. The molecule has 0 saturated heterocycles. The van der Waals surface area contributed by atoms with Gasteiger partial charge in [0.15, 0.2) is 0 Å². The van der Waals surface area contributed by atoms with Gasteiger partial charge in [-0.2, -0.15) is 0 Å². The number of pyridine rings is 1. The number of likely N-dealkylation sites (N-methyl/N-ethyl adjacent to an activating group) is 1. The minimum absolute atomic E-state index is 0.0401. The molecule has 1 aliphatic heterocycles. The smallest absolute Gasteiger partial charge is 0.239 e. The molecular weight excluding hydrogens is 292 g/mol. The second kappa shape index (κ2) is 6.45. The number of hydrogen-bond acceptors (Lipinski definition) is 5. The van der Waals surface area contributed by atoms with Crippen LogP contribution in [0.15, 0.2) is 18.3 Å². The molecule has 0 radical (unpaired) electrons. The van der Waals surface area contributed by atoms with E-state index in [1.54, 1.807) is 0 Å². The van der Waals surface area contributed by atoms with Gasteiger partial charge in [-0.05, 0) is 32.5 Å². The number of nitrogens with one attached hydrogen (secondary N) is 1. The third-order valence-corrected chi connectivity index (χ3v) is 4.25. The summed E-state index contributed by atoms with van der Waals surface area (Å²) in [6.07, 6.45) is 2.59. The summed E-state index contributed by atoms with van der Waals surface area (Å²) in [5, 5.41) is 11.2. The molecule has 1 unspecified atom stereocenters. The molecule has 0 fully saturated rings. The standard InChI is InChI=1S/C16H22N6O/c1-11-4-5-13(18-8-11)6-7-17-16(23)14-9-22-12(2)19-20-15(22)10-21(14)3/h4-5,8,14H,6-7,9-10H2,1-3H3,(H,17,23). The van der Waals surface area contributed by atoms with Crippen LogP contribution in [0.5, 0.6) is 0 Å². The highest BCUT2D eigenvalue weighted by molar-refractivity contribution is 5.81. The summed E-state index contributed by atoms with van der Waals surface area (Å²) in [4.78, 5) is 18.8. The van der Waals surface area contributed by atoms with Crippen molar-refractivity contribution in [1.82, 2.24) is 30.0 Å². The Bertz CT molecular complexity index is 693. The lowest BCUT2D eigenvalue weighted by molar-refractivity contribution is -0.127. The summed E-state index contributed by atoms with van der Waals surface area (Å²) in [7, 11) is 1.94. The molecule has 1 N–H and O–H groups in total. The molecule has 23 heavy (non-hydrogen) atoms. The van der Waals surface area contributed by atoms with Gasteiger partial charge in [-0.25, -0.2) is 0 Å². The summed E-state index contributed by atoms with van der Waals surface area (Å²) in [5.41, 5.74) is 2.13. The van der Waals surface area contributed by atoms with E-state index in [1.807, 2.05) is 48.7 Å². The Labute approximate surface area is 135 Å². The molecule has 3 rings (SSSR count). The number of carbonyl (C=O) groups excluding carboxylic acids is 1. The van der Waals surface area contributed by atoms with Crippen molar-refractivity contribution in [2.45, 2.75) is 39.4 Å². The topological polar surface area (TPSA) is 75.9 Å². The van der Waals surface area contributed by atoms with Crippen LogP contribution in [-0.2, 0) is 24.3 Å². The molecule has 0 bridgehead atoms. The van der Waals surface area contributed by atoms with E-state index in [4.69, 9.17) is 0 Å². The highest BCUT2D eigenvalue weighted by atomic mass is 16.2. The van der Waals surface area contributed by atoms with Crippen LogP contribution in [-0.4, -0.2) is 50.2 Å². The zero-order valence-electron chi connectivity index (χ0n) is 13.8. The van der Waals surface area contributed by atoms with E-state index in [-0.39, 0.29) is 11.9 Å². The van der Waals surface area contributed by atoms with Crippen LogP contribution >= 0.6 is 0 Å². The number of aromatic nitrogens is 4. The van der Waals surface area contributed by atoms with Crippen molar-refractivity contribution < 1.29 is 4.79 Å². The van der Waals surface area contributed by atoms with Crippen molar-refractivity contribution in [3.63, 3.8) is 0 Å². The van der Waals surface area contributed by atoms with E-state index in [9.17, 15) is 4.79 Å². The maximum Gasteiger partial charge on any atom is 0.239 e. The zero-order chi connectivity index (χ0) is 16.4. The number of fused-ring (bicyclic) bond motifs is 1. The Kier molecular flexibility index (Phi) is 4.38. The molecule has 2 aromatic heterocycles. The van der Waals surface area contributed by atoms with Gasteiger partial charge in [-0.3, -0.25) is 14.7 Å². The van der Waals surface area contributed by atoms with Gasteiger partial charge < -0.3 is 9.88 Å². The van der Waals surface area contributed by atoms with Gasteiger partial charge in [0.25, 0.3) is 0 Å². The molecule has 1 atom stereocenters. The number of aryl methyl sites for hydroxylation is 2. The minimum atomic E-state index is -0.192. The van der Waals surface area contributed by atoms with E-state index < -0.39 is 0 Å².